The molecule has 0 aliphatic rings. The number of benzene rings is 2. The van der Waals surface area contributed by atoms with Gasteiger partial charge in [0.15, 0.2) is 5.01 Å². The molecule has 0 unspecified atom stereocenters. The first kappa shape index (κ1) is 13.3. The average molecular weight is 289 g/mol. The van der Waals surface area contributed by atoms with E-state index < -0.39 is 0 Å². The van der Waals surface area contributed by atoms with Gasteiger partial charge < -0.3 is 0 Å². The van der Waals surface area contributed by atoms with Crippen LogP contribution in [0.5, 0.6) is 0 Å². The van der Waals surface area contributed by atoms with Crippen LogP contribution in [0.4, 0.5) is 0 Å². The van der Waals surface area contributed by atoms with Crippen molar-refractivity contribution in [2.45, 2.75) is 0 Å². The third-order valence-electron chi connectivity index (χ3n) is 2.85. The van der Waals surface area contributed by atoms with Crippen molar-refractivity contribution in [1.29, 1.82) is 0 Å². The van der Waals surface area contributed by atoms with Crippen molar-refractivity contribution in [3.63, 3.8) is 0 Å². The lowest BCUT2D eigenvalue weighted by Gasteiger charge is -1.95. The molecule has 0 saturated carbocycles. The number of aromatic nitrogens is 1. The third kappa shape index (κ3) is 3.25. The van der Waals surface area contributed by atoms with Crippen LogP contribution in [0.2, 0.25) is 0 Å². The van der Waals surface area contributed by atoms with Gasteiger partial charge in [-0.15, -0.1) is 11.3 Å². The van der Waals surface area contributed by atoms with E-state index in [0.29, 0.717) is 15.4 Å². The number of hydrogen-bond donors (Lipinski definition) is 0. The van der Waals surface area contributed by atoms with Crippen LogP contribution in [0.25, 0.3) is 0 Å². The van der Waals surface area contributed by atoms with Crippen LogP contribution < -0.4 is 0 Å². The fourth-order valence-electron chi connectivity index (χ4n) is 1.82. The van der Waals surface area contributed by atoms with E-state index in [1.807, 2.05) is 48.5 Å². The molecule has 1 aromatic heterocycles. The van der Waals surface area contributed by atoms with Crippen molar-refractivity contribution in [3.8, 4) is 11.8 Å². The lowest BCUT2D eigenvalue weighted by Crippen LogP contribution is -1.97. The van der Waals surface area contributed by atoms with E-state index in [9.17, 15) is 4.79 Å². The highest BCUT2D eigenvalue weighted by atomic mass is 32.1. The molecule has 0 amide bonds. The summed E-state index contributed by atoms with van der Waals surface area (Å²) >= 11 is 1.32. The molecule has 0 aliphatic carbocycles. The van der Waals surface area contributed by atoms with E-state index >= 15 is 0 Å². The highest BCUT2D eigenvalue weighted by Gasteiger charge is 2.11. The molecule has 3 rings (SSSR count). The molecule has 0 bridgehead atoms. The highest BCUT2D eigenvalue weighted by Crippen LogP contribution is 2.16. The summed E-state index contributed by atoms with van der Waals surface area (Å²) in [6.07, 6.45) is 1.59. The van der Waals surface area contributed by atoms with Crippen molar-refractivity contribution < 1.29 is 4.79 Å². The number of hydrogen-bond acceptors (Lipinski definition) is 3. The van der Waals surface area contributed by atoms with Gasteiger partial charge in [0, 0.05) is 11.1 Å². The van der Waals surface area contributed by atoms with E-state index in [1.165, 1.54) is 11.3 Å². The first-order valence-corrected chi connectivity index (χ1v) is 7.27. The monoisotopic (exact) mass is 289 g/mol. The lowest BCUT2D eigenvalue weighted by atomic mass is 10.1. The number of carbonyl (C=O) groups excluding carboxylic acids is 1. The van der Waals surface area contributed by atoms with Crippen molar-refractivity contribution in [3.05, 3.63) is 87.9 Å². The molecule has 0 saturated heterocycles. The molecule has 2 aromatic carbocycles. The molecule has 0 fully saturated rings. The topological polar surface area (TPSA) is 30.0 Å². The molecule has 21 heavy (non-hydrogen) atoms. The Labute approximate surface area is 127 Å². The summed E-state index contributed by atoms with van der Waals surface area (Å²) in [5, 5.41) is 0.651. The highest BCUT2D eigenvalue weighted by molar-refractivity contribution is 7.14. The summed E-state index contributed by atoms with van der Waals surface area (Å²) in [7, 11) is 0. The van der Waals surface area contributed by atoms with E-state index in [-0.39, 0.29) is 5.78 Å². The van der Waals surface area contributed by atoms with Crippen LogP contribution >= 0.6 is 11.3 Å². The van der Waals surface area contributed by atoms with Crippen LogP contribution in [-0.2, 0) is 0 Å². The van der Waals surface area contributed by atoms with Gasteiger partial charge >= 0.3 is 0 Å². The molecule has 0 aliphatic heterocycles. The SMILES string of the molecule is O=C(c1ccccc1)c1cnc(C#Cc2ccccc2)s1. The van der Waals surface area contributed by atoms with Gasteiger partial charge in [-0.05, 0) is 18.1 Å². The third-order valence-corrected chi connectivity index (χ3v) is 3.76. The minimum Gasteiger partial charge on any atom is -0.288 e. The van der Waals surface area contributed by atoms with Crippen molar-refractivity contribution in [2.24, 2.45) is 0 Å². The van der Waals surface area contributed by atoms with Crippen LogP contribution in [-0.4, -0.2) is 10.8 Å². The maximum atomic E-state index is 12.3. The van der Waals surface area contributed by atoms with Crippen LogP contribution in [0.1, 0.15) is 25.8 Å². The van der Waals surface area contributed by atoms with Crippen LogP contribution in [0, 0.1) is 11.8 Å². The maximum absolute atomic E-state index is 12.3. The van der Waals surface area contributed by atoms with Gasteiger partial charge in [0.2, 0.25) is 5.78 Å². The van der Waals surface area contributed by atoms with Gasteiger partial charge in [-0.25, -0.2) is 4.98 Å². The van der Waals surface area contributed by atoms with Gasteiger partial charge in [0.1, 0.15) is 0 Å². The van der Waals surface area contributed by atoms with Gasteiger partial charge in [0.05, 0.1) is 11.1 Å². The minimum atomic E-state index is -0.0131. The van der Waals surface area contributed by atoms with Crippen molar-refractivity contribution >= 4 is 17.1 Å². The van der Waals surface area contributed by atoms with E-state index in [1.54, 1.807) is 18.3 Å². The average Bonchev–Trinajstić information content (AvgIpc) is 3.03. The second-order valence-electron chi connectivity index (χ2n) is 4.34. The predicted molar refractivity (Wildman–Crippen MR) is 84.4 cm³/mol. The Hall–Kier alpha value is -2.70. The van der Waals surface area contributed by atoms with Crippen LogP contribution in [0.3, 0.4) is 0 Å². The largest absolute Gasteiger partial charge is 0.288 e. The molecule has 0 N–H and O–H groups in total. The fraction of sp³-hybridized carbons (Fsp3) is 0. The summed E-state index contributed by atoms with van der Waals surface area (Å²) in [6.45, 7) is 0. The Morgan fingerprint density at radius 3 is 2.29 bits per heavy atom. The molecular weight excluding hydrogens is 278 g/mol. The molecular formula is C18H11NOS. The minimum absolute atomic E-state index is 0.0131. The number of ketones is 1. The first-order chi connectivity index (χ1) is 10.3. The molecule has 0 atom stereocenters. The summed E-state index contributed by atoms with van der Waals surface area (Å²) in [5.41, 5.74) is 1.60. The summed E-state index contributed by atoms with van der Waals surface area (Å²) < 4.78 is 0. The summed E-state index contributed by atoms with van der Waals surface area (Å²) in [5.74, 6) is 6.02. The predicted octanol–water partition coefficient (Wildman–Crippen LogP) is 3.77. The van der Waals surface area contributed by atoms with E-state index in [2.05, 4.69) is 16.8 Å². The van der Waals surface area contributed by atoms with Gasteiger partial charge in [-0.1, -0.05) is 54.5 Å². The quantitative estimate of drug-likeness (QED) is 0.531. The van der Waals surface area contributed by atoms with E-state index in [0.717, 1.165) is 5.56 Å². The summed E-state index contributed by atoms with van der Waals surface area (Å²) in [6, 6.07) is 18.9. The van der Waals surface area contributed by atoms with Crippen molar-refractivity contribution in [2.75, 3.05) is 0 Å². The Balaban J connectivity index is 1.82. The van der Waals surface area contributed by atoms with Crippen molar-refractivity contribution in [1.82, 2.24) is 4.98 Å². The Bertz CT molecular complexity index is 810. The Kier molecular flexibility index (Phi) is 3.90. The molecule has 1 heterocycles. The van der Waals surface area contributed by atoms with Gasteiger partial charge in [-0.3, -0.25) is 4.79 Å². The van der Waals surface area contributed by atoms with E-state index in [4.69, 9.17) is 0 Å². The molecule has 3 heteroatoms. The normalized spacial score (nSPS) is 9.71. The number of thiazole rings is 1. The zero-order valence-electron chi connectivity index (χ0n) is 11.1. The molecule has 100 valence electrons. The lowest BCUT2D eigenvalue weighted by molar-refractivity contribution is 0.104. The maximum Gasteiger partial charge on any atom is 0.204 e. The number of carbonyl (C=O) groups is 1. The molecule has 0 spiro atoms. The number of nitrogens with zero attached hydrogens (tertiary/aromatic N) is 1. The first-order valence-electron chi connectivity index (χ1n) is 6.45. The second kappa shape index (κ2) is 6.17. The zero-order chi connectivity index (χ0) is 14.5. The van der Waals surface area contributed by atoms with Gasteiger partial charge in [0.25, 0.3) is 0 Å². The molecule has 0 radical (unpaired) electrons. The number of rotatable bonds is 2. The zero-order valence-corrected chi connectivity index (χ0v) is 11.9. The second-order valence-corrected chi connectivity index (χ2v) is 5.37. The van der Waals surface area contributed by atoms with Gasteiger partial charge in [-0.2, -0.15) is 0 Å². The fourth-order valence-corrected chi connectivity index (χ4v) is 2.55. The molecule has 3 aromatic rings. The standard InChI is InChI=1S/C18H11NOS/c20-18(15-9-5-2-6-10-15)16-13-19-17(21-16)12-11-14-7-3-1-4-8-14/h1-10,13H. The smallest absolute Gasteiger partial charge is 0.204 e. The molecule has 2 nitrogen and oxygen atoms in total. The summed E-state index contributed by atoms with van der Waals surface area (Å²) in [4.78, 5) is 17.1. The Morgan fingerprint density at radius 2 is 1.57 bits per heavy atom. The van der Waals surface area contributed by atoms with Crippen LogP contribution in [0.15, 0.2) is 66.9 Å². The Morgan fingerprint density at radius 1 is 0.905 bits per heavy atom.